The summed E-state index contributed by atoms with van der Waals surface area (Å²) in [6.45, 7) is 1.94. The van der Waals surface area contributed by atoms with Gasteiger partial charge in [0.25, 0.3) is 0 Å². The summed E-state index contributed by atoms with van der Waals surface area (Å²) >= 11 is 12.2. The number of pyridine rings is 1. The summed E-state index contributed by atoms with van der Waals surface area (Å²) in [4.78, 5) is 4.09. The third kappa shape index (κ3) is 5.27. The predicted molar refractivity (Wildman–Crippen MR) is 96.3 cm³/mol. The molecule has 0 fully saturated rings. The van der Waals surface area contributed by atoms with Crippen molar-refractivity contribution >= 4 is 50.4 Å². The molecule has 0 atom stereocenters. The zero-order chi connectivity index (χ0) is 16.9. The topological polar surface area (TPSA) is 71.1 Å². The lowest BCUT2D eigenvalue weighted by atomic mass is 10.3. The van der Waals surface area contributed by atoms with Crippen LogP contribution in [0.15, 0.2) is 36.5 Å². The van der Waals surface area contributed by atoms with Gasteiger partial charge in [0.15, 0.2) is 0 Å². The zero-order valence-corrected chi connectivity index (χ0v) is 14.8. The van der Waals surface area contributed by atoms with E-state index < -0.39 is 10.0 Å². The molecule has 23 heavy (non-hydrogen) atoms. The van der Waals surface area contributed by atoms with Crippen LogP contribution in [0.4, 0.5) is 17.2 Å². The van der Waals surface area contributed by atoms with Gasteiger partial charge in [-0.2, -0.15) is 0 Å². The number of unbranched alkanes of at least 4 members (excludes halogenated alkanes) is 1. The van der Waals surface area contributed by atoms with Gasteiger partial charge in [0.1, 0.15) is 5.82 Å². The fourth-order valence-corrected chi connectivity index (χ4v) is 3.54. The van der Waals surface area contributed by atoms with Crippen molar-refractivity contribution in [3.05, 3.63) is 46.6 Å². The molecule has 1 heterocycles. The number of rotatable bonds is 7. The van der Waals surface area contributed by atoms with Crippen LogP contribution in [-0.4, -0.2) is 19.2 Å². The number of hydrogen-bond acceptors (Lipinski definition) is 4. The summed E-state index contributed by atoms with van der Waals surface area (Å²) in [6, 6.07) is 8.47. The van der Waals surface area contributed by atoms with E-state index in [2.05, 4.69) is 15.0 Å². The third-order valence-corrected chi connectivity index (χ3v) is 5.00. The Bertz CT molecular complexity index is 745. The summed E-state index contributed by atoms with van der Waals surface area (Å²) in [6.07, 6.45) is 2.94. The van der Waals surface area contributed by atoms with E-state index in [4.69, 9.17) is 23.2 Å². The van der Waals surface area contributed by atoms with Crippen molar-refractivity contribution in [3.8, 4) is 0 Å². The van der Waals surface area contributed by atoms with Gasteiger partial charge < -0.3 is 5.32 Å². The number of anilines is 3. The van der Waals surface area contributed by atoms with Crippen LogP contribution in [0.2, 0.25) is 10.0 Å². The van der Waals surface area contributed by atoms with Gasteiger partial charge >= 0.3 is 0 Å². The summed E-state index contributed by atoms with van der Waals surface area (Å²) in [5.41, 5.74) is 1.23. The van der Waals surface area contributed by atoms with Crippen molar-refractivity contribution < 1.29 is 8.42 Å². The largest absolute Gasteiger partial charge is 0.352 e. The van der Waals surface area contributed by atoms with E-state index in [0.29, 0.717) is 27.8 Å². The summed E-state index contributed by atoms with van der Waals surface area (Å²) in [5, 5.41) is 4.04. The molecule has 0 saturated carbocycles. The van der Waals surface area contributed by atoms with Crippen molar-refractivity contribution in [1.29, 1.82) is 0 Å². The number of hydrogen-bond donors (Lipinski definition) is 2. The fraction of sp³-hybridized carbons (Fsp3) is 0.267. The lowest BCUT2D eigenvalue weighted by molar-refractivity contribution is 0.597. The van der Waals surface area contributed by atoms with Crippen LogP contribution in [0, 0.1) is 0 Å². The van der Waals surface area contributed by atoms with Crippen molar-refractivity contribution in [1.82, 2.24) is 4.98 Å². The first-order chi connectivity index (χ1) is 10.9. The quantitative estimate of drug-likeness (QED) is 0.739. The second-order valence-electron chi connectivity index (χ2n) is 4.93. The lowest BCUT2D eigenvalue weighted by Crippen LogP contribution is -2.17. The van der Waals surface area contributed by atoms with Gasteiger partial charge in [-0.25, -0.2) is 13.4 Å². The van der Waals surface area contributed by atoms with Gasteiger partial charge in [0.05, 0.1) is 33.4 Å². The van der Waals surface area contributed by atoms with Crippen LogP contribution in [0.3, 0.4) is 0 Å². The predicted octanol–water partition coefficient (Wildman–Crippen LogP) is 4.67. The van der Waals surface area contributed by atoms with Gasteiger partial charge in [-0.15, -0.1) is 0 Å². The number of halogens is 2. The molecule has 2 rings (SSSR count). The maximum Gasteiger partial charge on any atom is 0.233 e. The van der Waals surface area contributed by atoms with E-state index in [1.165, 1.54) is 6.20 Å². The standard InChI is InChI=1S/C15H17Cl2N3O2S/c1-2-3-9-23(21,22)20-14-8-7-11(10-18-14)19-15-12(16)5-4-6-13(15)17/h4-8,10,19H,2-3,9H2,1H3,(H,18,20). The molecule has 0 aliphatic rings. The summed E-state index contributed by atoms with van der Waals surface area (Å²) in [5.74, 6) is 0.359. The molecule has 0 spiro atoms. The number of nitrogens with one attached hydrogen (secondary N) is 2. The highest BCUT2D eigenvalue weighted by Crippen LogP contribution is 2.32. The Kier molecular flexibility index (Phi) is 6.10. The third-order valence-electron chi connectivity index (χ3n) is 3.02. The normalized spacial score (nSPS) is 11.3. The van der Waals surface area contributed by atoms with Crippen molar-refractivity contribution in [2.24, 2.45) is 0 Å². The molecular formula is C15H17Cl2N3O2S. The molecule has 0 bridgehead atoms. The number of aromatic nitrogens is 1. The van der Waals surface area contributed by atoms with Crippen LogP contribution < -0.4 is 10.0 Å². The Balaban J connectivity index is 2.08. The monoisotopic (exact) mass is 373 g/mol. The maximum atomic E-state index is 11.8. The van der Waals surface area contributed by atoms with Crippen LogP contribution >= 0.6 is 23.2 Å². The SMILES string of the molecule is CCCCS(=O)(=O)Nc1ccc(Nc2c(Cl)cccc2Cl)cn1. The molecule has 0 saturated heterocycles. The second kappa shape index (κ2) is 7.86. The van der Waals surface area contributed by atoms with Gasteiger partial charge in [-0.3, -0.25) is 4.72 Å². The molecule has 0 aliphatic carbocycles. The average molecular weight is 374 g/mol. The molecule has 1 aromatic carbocycles. The number of sulfonamides is 1. The molecule has 2 aromatic rings. The molecule has 124 valence electrons. The molecule has 5 nitrogen and oxygen atoms in total. The Morgan fingerprint density at radius 1 is 1.13 bits per heavy atom. The first kappa shape index (κ1) is 17.8. The maximum absolute atomic E-state index is 11.8. The van der Waals surface area contributed by atoms with E-state index in [1.807, 2.05) is 6.92 Å². The first-order valence-corrected chi connectivity index (χ1v) is 9.49. The number of benzene rings is 1. The van der Waals surface area contributed by atoms with Gasteiger partial charge in [-0.1, -0.05) is 42.6 Å². The Morgan fingerprint density at radius 2 is 1.83 bits per heavy atom. The minimum atomic E-state index is -3.36. The summed E-state index contributed by atoms with van der Waals surface area (Å²) < 4.78 is 26.1. The van der Waals surface area contributed by atoms with Gasteiger partial charge in [0, 0.05) is 0 Å². The van der Waals surface area contributed by atoms with E-state index in [9.17, 15) is 8.42 Å². The second-order valence-corrected chi connectivity index (χ2v) is 7.58. The highest BCUT2D eigenvalue weighted by Gasteiger charge is 2.11. The van der Waals surface area contributed by atoms with E-state index in [-0.39, 0.29) is 11.6 Å². The van der Waals surface area contributed by atoms with Crippen LogP contribution in [0.5, 0.6) is 0 Å². The van der Waals surface area contributed by atoms with Crippen LogP contribution in [-0.2, 0) is 10.0 Å². The molecule has 0 aliphatic heterocycles. The number of para-hydroxylation sites is 1. The highest BCUT2D eigenvalue weighted by molar-refractivity contribution is 7.92. The number of nitrogens with zero attached hydrogens (tertiary/aromatic N) is 1. The highest BCUT2D eigenvalue weighted by atomic mass is 35.5. The summed E-state index contributed by atoms with van der Waals surface area (Å²) in [7, 11) is -3.36. The van der Waals surface area contributed by atoms with Crippen LogP contribution in [0.1, 0.15) is 19.8 Å². The van der Waals surface area contributed by atoms with E-state index >= 15 is 0 Å². The average Bonchev–Trinajstić information content (AvgIpc) is 2.50. The Hall–Kier alpha value is -1.50. The van der Waals surface area contributed by atoms with Gasteiger partial charge in [0.2, 0.25) is 10.0 Å². The zero-order valence-electron chi connectivity index (χ0n) is 12.5. The van der Waals surface area contributed by atoms with Crippen molar-refractivity contribution in [2.75, 3.05) is 15.8 Å². The molecule has 0 unspecified atom stereocenters. The van der Waals surface area contributed by atoms with E-state index in [1.54, 1.807) is 30.3 Å². The molecule has 1 aromatic heterocycles. The van der Waals surface area contributed by atoms with Crippen LogP contribution in [0.25, 0.3) is 0 Å². The first-order valence-electron chi connectivity index (χ1n) is 7.09. The Labute approximate surface area is 146 Å². The van der Waals surface area contributed by atoms with E-state index in [0.717, 1.165) is 6.42 Å². The fourth-order valence-electron chi connectivity index (χ4n) is 1.83. The van der Waals surface area contributed by atoms with Crippen molar-refractivity contribution in [3.63, 3.8) is 0 Å². The minimum absolute atomic E-state index is 0.0837. The smallest absolute Gasteiger partial charge is 0.233 e. The van der Waals surface area contributed by atoms with Gasteiger partial charge in [-0.05, 0) is 30.7 Å². The van der Waals surface area contributed by atoms with Crippen molar-refractivity contribution in [2.45, 2.75) is 19.8 Å². The lowest BCUT2D eigenvalue weighted by Gasteiger charge is -2.11. The minimum Gasteiger partial charge on any atom is -0.352 e. The molecule has 0 radical (unpaired) electrons. The molecule has 2 N–H and O–H groups in total. The molecule has 8 heteroatoms. The molecular weight excluding hydrogens is 357 g/mol. The molecule has 0 amide bonds. The Morgan fingerprint density at radius 3 is 2.39 bits per heavy atom.